The fraction of sp³-hybridized carbons (Fsp3) is 0.333. The van der Waals surface area contributed by atoms with Gasteiger partial charge in [-0.2, -0.15) is 0 Å². The average Bonchev–Trinajstić information content (AvgIpc) is 3.12. The highest BCUT2D eigenvalue weighted by molar-refractivity contribution is 7.78. The molecule has 0 bridgehead atoms. The molecule has 0 saturated carbocycles. The second kappa shape index (κ2) is 6.79. The van der Waals surface area contributed by atoms with E-state index < -0.39 is 0 Å². The fourth-order valence-electron chi connectivity index (χ4n) is 3.36. The molecule has 5 nitrogen and oxygen atoms in total. The smallest absolute Gasteiger partial charge is 0.163 e. The first-order valence-corrected chi connectivity index (χ1v) is 8.60. The molecule has 0 amide bonds. The van der Waals surface area contributed by atoms with Crippen molar-refractivity contribution < 1.29 is 4.74 Å². The molecule has 1 aromatic heterocycles. The number of thiocarbonyl (C=S) groups is 1. The van der Waals surface area contributed by atoms with Crippen molar-refractivity contribution in [1.29, 1.82) is 0 Å². The van der Waals surface area contributed by atoms with Crippen molar-refractivity contribution in [3.63, 3.8) is 0 Å². The van der Waals surface area contributed by atoms with Gasteiger partial charge in [0.2, 0.25) is 0 Å². The SMILES string of the molecule is S=C=C1NCc2[nH]ccc2N1Cc1ccccc1C1CNCCO1. The zero-order valence-corrected chi connectivity index (χ0v) is 14.2. The van der Waals surface area contributed by atoms with Crippen LogP contribution in [0.2, 0.25) is 0 Å². The molecule has 2 aromatic rings. The number of nitrogens with one attached hydrogen (secondary N) is 3. The van der Waals surface area contributed by atoms with Crippen molar-refractivity contribution in [3.05, 3.63) is 59.2 Å². The minimum absolute atomic E-state index is 0.0957. The van der Waals surface area contributed by atoms with E-state index in [4.69, 9.17) is 17.0 Å². The van der Waals surface area contributed by atoms with Gasteiger partial charge in [-0.3, -0.25) is 0 Å². The molecule has 4 rings (SSSR count). The molecular weight excluding hydrogens is 320 g/mol. The normalized spacial score (nSPS) is 20.2. The Hall–Kier alpha value is -2.11. The van der Waals surface area contributed by atoms with Crippen LogP contribution in [0.4, 0.5) is 5.69 Å². The number of hydrogen-bond donors (Lipinski definition) is 3. The van der Waals surface area contributed by atoms with Crippen LogP contribution in [-0.4, -0.2) is 29.7 Å². The van der Waals surface area contributed by atoms with E-state index in [0.29, 0.717) is 0 Å². The summed E-state index contributed by atoms with van der Waals surface area (Å²) >= 11 is 5.09. The van der Waals surface area contributed by atoms with Crippen LogP contribution in [0.15, 0.2) is 42.3 Å². The molecule has 124 valence electrons. The molecule has 6 heteroatoms. The highest BCUT2D eigenvalue weighted by Gasteiger charge is 2.25. The van der Waals surface area contributed by atoms with Gasteiger partial charge in [-0.1, -0.05) is 24.3 Å². The van der Waals surface area contributed by atoms with E-state index in [9.17, 15) is 0 Å². The van der Waals surface area contributed by atoms with Gasteiger partial charge in [-0.15, -0.1) is 0 Å². The number of fused-ring (bicyclic) bond motifs is 1. The number of ether oxygens (including phenoxy) is 1. The van der Waals surface area contributed by atoms with E-state index >= 15 is 0 Å². The molecule has 2 aliphatic heterocycles. The number of H-pyrrole nitrogens is 1. The highest BCUT2D eigenvalue weighted by atomic mass is 32.1. The summed E-state index contributed by atoms with van der Waals surface area (Å²) in [6.07, 6.45) is 2.06. The monoisotopic (exact) mass is 340 g/mol. The molecule has 1 unspecified atom stereocenters. The lowest BCUT2D eigenvalue weighted by Gasteiger charge is -2.32. The van der Waals surface area contributed by atoms with Gasteiger partial charge < -0.3 is 25.3 Å². The molecule has 2 aliphatic rings. The number of morpholine rings is 1. The Bertz CT molecular complexity index is 775. The average molecular weight is 340 g/mol. The maximum Gasteiger partial charge on any atom is 0.163 e. The molecule has 1 aromatic carbocycles. The number of rotatable bonds is 3. The molecule has 1 saturated heterocycles. The van der Waals surface area contributed by atoms with Crippen molar-refractivity contribution in [2.75, 3.05) is 24.6 Å². The van der Waals surface area contributed by atoms with E-state index in [0.717, 1.165) is 50.0 Å². The lowest BCUT2D eigenvalue weighted by atomic mass is 10.0. The van der Waals surface area contributed by atoms with Crippen LogP contribution >= 0.6 is 12.2 Å². The number of hydrogen-bond acceptors (Lipinski definition) is 5. The lowest BCUT2D eigenvalue weighted by molar-refractivity contribution is 0.0271. The van der Waals surface area contributed by atoms with Crippen LogP contribution in [-0.2, 0) is 17.8 Å². The van der Waals surface area contributed by atoms with Crippen molar-refractivity contribution in [2.45, 2.75) is 19.2 Å². The van der Waals surface area contributed by atoms with Crippen LogP contribution < -0.4 is 15.5 Å². The summed E-state index contributed by atoms with van der Waals surface area (Å²) in [6, 6.07) is 10.6. The van der Waals surface area contributed by atoms with E-state index in [1.807, 2.05) is 6.20 Å². The van der Waals surface area contributed by atoms with Crippen LogP contribution in [0.1, 0.15) is 22.9 Å². The van der Waals surface area contributed by atoms with E-state index in [2.05, 4.69) is 55.9 Å². The molecule has 0 radical (unpaired) electrons. The van der Waals surface area contributed by atoms with E-state index in [1.54, 1.807) is 0 Å². The Morgan fingerprint density at radius 3 is 3.04 bits per heavy atom. The highest BCUT2D eigenvalue weighted by Crippen LogP contribution is 2.30. The number of aromatic nitrogens is 1. The van der Waals surface area contributed by atoms with Gasteiger partial charge in [0.25, 0.3) is 0 Å². The first-order valence-electron chi connectivity index (χ1n) is 8.19. The van der Waals surface area contributed by atoms with Gasteiger partial charge in [0, 0.05) is 19.3 Å². The summed E-state index contributed by atoms with van der Waals surface area (Å²) in [5.74, 6) is 0.842. The predicted octanol–water partition coefficient (Wildman–Crippen LogP) is 2.23. The second-order valence-corrected chi connectivity index (χ2v) is 6.20. The van der Waals surface area contributed by atoms with Gasteiger partial charge >= 0.3 is 0 Å². The molecule has 3 heterocycles. The second-order valence-electron chi connectivity index (χ2n) is 5.99. The standard InChI is InChI=1S/C18H20N4OS/c24-12-18-21-9-15-16(5-6-20-15)22(18)11-13-3-1-2-4-14(13)17-10-19-7-8-23-17/h1-6,17,19-21H,7-11H2. The number of aromatic amines is 1. The van der Waals surface area contributed by atoms with Gasteiger partial charge in [-0.05, 0) is 34.4 Å². The topological polar surface area (TPSA) is 52.3 Å². The van der Waals surface area contributed by atoms with Crippen LogP contribution in [0, 0.1) is 0 Å². The molecule has 3 N–H and O–H groups in total. The van der Waals surface area contributed by atoms with Crippen molar-refractivity contribution in [3.8, 4) is 0 Å². The first kappa shape index (κ1) is 15.4. The maximum absolute atomic E-state index is 5.96. The fourth-order valence-corrected chi connectivity index (χ4v) is 3.54. The van der Waals surface area contributed by atoms with Crippen LogP contribution in [0.5, 0.6) is 0 Å². The molecule has 0 aliphatic carbocycles. The number of nitrogens with zero attached hydrogens (tertiary/aromatic N) is 1. The molecule has 1 fully saturated rings. The third-order valence-electron chi connectivity index (χ3n) is 4.56. The van der Waals surface area contributed by atoms with E-state index in [-0.39, 0.29) is 6.10 Å². The Morgan fingerprint density at radius 1 is 1.29 bits per heavy atom. The summed E-state index contributed by atoms with van der Waals surface area (Å²) in [6.45, 7) is 3.99. The summed E-state index contributed by atoms with van der Waals surface area (Å²) in [7, 11) is 0. The van der Waals surface area contributed by atoms with Gasteiger partial charge in [0.05, 0.1) is 37.2 Å². The number of anilines is 1. The quantitative estimate of drug-likeness (QED) is 0.748. The maximum atomic E-state index is 5.96. The summed E-state index contributed by atoms with van der Waals surface area (Å²) in [5, 5.41) is 9.60. The van der Waals surface area contributed by atoms with Crippen molar-refractivity contribution >= 4 is 22.9 Å². The summed E-state index contributed by atoms with van der Waals surface area (Å²) in [5.41, 5.74) is 4.79. The minimum atomic E-state index is 0.0957. The van der Waals surface area contributed by atoms with Gasteiger partial charge in [0.1, 0.15) is 0 Å². The van der Waals surface area contributed by atoms with Crippen molar-refractivity contribution in [2.24, 2.45) is 0 Å². The Labute approximate surface area is 146 Å². The number of benzene rings is 1. The summed E-state index contributed by atoms with van der Waals surface area (Å²) < 4.78 is 5.96. The van der Waals surface area contributed by atoms with Crippen molar-refractivity contribution in [1.82, 2.24) is 15.6 Å². The predicted molar refractivity (Wildman–Crippen MR) is 97.9 cm³/mol. The molecule has 24 heavy (non-hydrogen) atoms. The minimum Gasteiger partial charge on any atom is -0.371 e. The zero-order valence-electron chi connectivity index (χ0n) is 13.3. The van der Waals surface area contributed by atoms with Gasteiger partial charge in [0.15, 0.2) is 5.82 Å². The van der Waals surface area contributed by atoms with Crippen LogP contribution in [0.25, 0.3) is 0 Å². The van der Waals surface area contributed by atoms with Gasteiger partial charge in [-0.25, -0.2) is 0 Å². The first-order chi connectivity index (χ1) is 11.9. The van der Waals surface area contributed by atoms with E-state index in [1.165, 1.54) is 11.1 Å². The molecule has 0 spiro atoms. The Kier molecular flexibility index (Phi) is 4.36. The zero-order chi connectivity index (χ0) is 16.4. The lowest BCUT2D eigenvalue weighted by Crippen LogP contribution is -2.37. The molecule has 1 atom stereocenters. The van der Waals surface area contributed by atoms with Crippen LogP contribution in [0.3, 0.4) is 0 Å². The Morgan fingerprint density at radius 2 is 2.21 bits per heavy atom. The third-order valence-corrected chi connectivity index (χ3v) is 4.75. The third kappa shape index (κ3) is 2.85. The molecular formula is C18H20N4OS. The summed E-state index contributed by atoms with van der Waals surface area (Å²) in [4.78, 5) is 5.46. The largest absolute Gasteiger partial charge is 0.371 e. The Balaban J connectivity index is 1.67.